The van der Waals surface area contributed by atoms with E-state index in [-0.39, 0.29) is 23.1 Å². The second-order valence-electron chi connectivity index (χ2n) is 6.67. The maximum absolute atomic E-state index is 13.0. The van der Waals surface area contributed by atoms with Crippen LogP contribution in [0.25, 0.3) is 0 Å². The number of ether oxygens (including phenoxy) is 1. The van der Waals surface area contributed by atoms with Gasteiger partial charge in [-0.3, -0.25) is 9.52 Å². The first-order valence-corrected chi connectivity index (χ1v) is 10.6. The van der Waals surface area contributed by atoms with E-state index in [4.69, 9.17) is 4.74 Å². The number of carbonyl (C=O) groups is 1. The average Bonchev–Trinajstić information content (AvgIpc) is 2.72. The third kappa shape index (κ3) is 5.36. The molecule has 0 bridgehead atoms. The highest BCUT2D eigenvalue weighted by molar-refractivity contribution is 7.92. The topological polar surface area (TPSA) is 84.5 Å². The van der Waals surface area contributed by atoms with Crippen LogP contribution in [0.4, 0.5) is 15.8 Å². The van der Waals surface area contributed by atoms with Crippen LogP contribution in [-0.4, -0.2) is 20.9 Å². The first-order valence-electron chi connectivity index (χ1n) is 9.12. The summed E-state index contributed by atoms with van der Waals surface area (Å²) in [6, 6.07) is 16.3. The van der Waals surface area contributed by atoms with E-state index in [1.165, 1.54) is 36.4 Å². The van der Waals surface area contributed by atoms with E-state index in [1.807, 2.05) is 32.0 Å². The van der Waals surface area contributed by atoms with Crippen LogP contribution in [0.15, 0.2) is 71.6 Å². The molecule has 0 aliphatic carbocycles. The molecular formula is C22H21FN2O4S. The van der Waals surface area contributed by atoms with Crippen molar-refractivity contribution >= 4 is 27.3 Å². The Kier molecular flexibility index (Phi) is 6.37. The lowest BCUT2D eigenvalue weighted by Gasteiger charge is -2.12. The Balaban J connectivity index is 1.59. The smallest absolute Gasteiger partial charge is 0.262 e. The van der Waals surface area contributed by atoms with E-state index in [2.05, 4.69) is 10.0 Å². The number of aryl methyl sites for hydroxylation is 1. The SMILES string of the molecule is Cc1cccc(NC(=O)COc2ccc(S(=O)(=O)Nc3ccc(F)cc3)cc2)c1C. The number of hydrogen-bond acceptors (Lipinski definition) is 4. The maximum Gasteiger partial charge on any atom is 0.262 e. The molecular weight excluding hydrogens is 407 g/mol. The molecule has 0 aliphatic heterocycles. The summed E-state index contributed by atoms with van der Waals surface area (Å²) in [5, 5.41) is 2.79. The van der Waals surface area contributed by atoms with Crippen molar-refractivity contribution in [1.82, 2.24) is 0 Å². The minimum absolute atomic E-state index is 0.0130. The van der Waals surface area contributed by atoms with E-state index < -0.39 is 15.8 Å². The molecule has 0 aromatic heterocycles. The second-order valence-corrected chi connectivity index (χ2v) is 8.35. The standard InChI is InChI=1S/C22H21FN2O4S/c1-15-4-3-5-21(16(15)2)24-22(26)14-29-19-10-12-20(13-11-19)30(27,28)25-18-8-6-17(23)7-9-18/h3-13,25H,14H2,1-2H3,(H,24,26). The van der Waals surface area contributed by atoms with Gasteiger partial charge < -0.3 is 10.1 Å². The van der Waals surface area contributed by atoms with Crippen molar-refractivity contribution in [2.75, 3.05) is 16.6 Å². The zero-order valence-electron chi connectivity index (χ0n) is 16.5. The molecule has 156 valence electrons. The highest BCUT2D eigenvalue weighted by Gasteiger charge is 2.14. The van der Waals surface area contributed by atoms with Crippen molar-refractivity contribution in [2.24, 2.45) is 0 Å². The molecule has 0 heterocycles. The largest absolute Gasteiger partial charge is 0.484 e. The summed E-state index contributed by atoms with van der Waals surface area (Å²) < 4.78 is 45.6. The fourth-order valence-electron chi connectivity index (χ4n) is 2.67. The number of halogens is 1. The number of anilines is 2. The fraction of sp³-hybridized carbons (Fsp3) is 0.136. The normalized spacial score (nSPS) is 11.0. The molecule has 2 N–H and O–H groups in total. The summed E-state index contributed by atoms with van der Waals surface area (Å²) in [7, 11) is -3.83. The zero-order valence-corrected chi connectivity index (χ0v) is 17.3. The predicted molar refractivity (Wildman–Crippen MR) is 114 cm³/mol. The number of hydrogen-bond donors (Lipinski definition) is 2. The molecule has 3 aromatic rings. The highest BCUT2D eigenvalue weighted by Crippen LogP contribution is 2.20. The summed E-state index contributed by atoms with van der Waals surface area (Å²) in [5.41, 5.74) is 3.02. The molecule has 3 rings (SSSR count). The molecule has 8 heteroatoms. The number of carbonyl (C=O) groups excluding carboxylic acids is 1. The van der Waals surface area contributed by atoms with Gasteiger partial charge in [-0.05, 0) is 79.6 Å². The van der Waals surface area contributed by atoms with Crippen molar-refractivity contribution in [3.05, 3.63) is 83.7 Å². The Morgan fingerprint density at radius 1 is 0.967 bits per heavy atom. The van der Waals surface area contributed by atoms with Crippen LogP contribution in [0.2, 0.25) is 0 Å². The Morgan fingerprint density at radius 2 is 1.63 bits per heavy atom. The van der Waals surface area contributed by atoms with Crippen LogP contribution in [0.1, 0.15) is 11.1 Å². The monoisotopic (exact) mass is 428 g/mol. The molecule has 0 saturated heterocycles. The van der Waals surface area contributed by atoms with Crippen molar-refractivity contribution in [1.29, 1.82) is 0 Å². The maximum atomic E-state index is 13.0. The number of amides is 1. The zero-order chi connectivity index (χ0) is 21.7. The van der Waals surface area contributed by atoms with Crippen molar-refractivity contribution in [3.63, 3.8) is 0 Å². The number of benzene rings is 3. The summed E-state index contributed by atoms with van der Waals surface area (Å²) in [6.07, 6.45) is 0. The lowest BCUT2D eigenvalue weighted by atomic mass is 10.1. The molecule has 3 aromatic carbocycles. The molecule has 0 aliphatic rings. The number of sulfonamides is 1. The number of rotatable bonds is 7. The molecule has 30 heavy (non-hydrogen) atoms. The first kappa shape index (κ1) is 21.3. The van der Waals surface area contributed by atoms with Gasteiger partial charge in [0.1, 0.15) is 11.6 Å². The van der Waals surface area contributed by atoms with Gasteiger partial charge in [0.05, 0.1) is 4.90 Å². The van der Waals surface area contributed by atoms with Gasteiger partial charge in [0, 0.05) is 11.4 Å². The predicted octanol–water partition coefficient (Wildman–Crippen LogP) is 4.26. The van der Waals surface area contributed by atoms with Gasteiger partial charge >= 0.3 is 0 Å². The van der Waals surface area contributed by atoms with Crippen molar-refractivity contribution in [2.45, 2.75) is 18.7 Å². The molecule has 0 fully saturated rings. The number of nitrogens with one attached hydrogen (secondary N) is 2. The first-order chi connectivity index (χ1) is 14.2. The molecule has 0 unspecified atom stereocenters. The lowest BCUT2D eigenvalue weighted by Crippen LogP contribution is -2.20. The van der Waals surface area contributed by atoms with E-state index >= 15 is 0 Å². The van der Waals surface area contributed by atoms with Crippen molar-refractivity contribution < 1.29 is 22.3 Å². The fourth-order valence-corrected chi connectivity index (χ4v) is 3.73. The highest BCUT2D eigenvalue weighted by atomic mass is 32.2. The molecule has 0 atom stereocenters. The van der Waals surface area contributed by atoms with E-state index in [9.17, 15) is 17.6 Å². The summed E-state index contributed by atoms with van der Waals surface area (Å²) >= 11 is 0. The Hall–Kier alpha value is -3.39. The summed E-state index contributed by atoms with van der Waals surface area (Å²) in [4.78, 5) is 12.1. The van der Waals surface area contributed by atoms with Gasteiger partial charge in [-0.1, -0.05) is 12.1 Å². The van der Waals surface area contributed by atoms with Gasteiger partial charge in [-0.2, -0.15) is 0 Å². The molecule has 0 spiro atoms. The van der Waals surface area contributed by atoms with E-state index in [0.717, 1.165) is 28.9 Å². The van der Waals surface area contributed by atoms with Crippen LogP contribution in [0.5, 0.6) is 5.75 Å². The van der Waals surface area contributed by atoms with Gasteiger partial charge in [0.15, 0.2) is 6.61 Å². The Labute approximate surface area is 174 Å². The third-order valence-electron chi connectivity index (χ3n) is 4.48. The quantitative estimate of drug-likeness (QED) is 0.589. The van der Waals surface area contributed by atoms with E-state index in [1.54, 1.807) is 0 Å². The van der Waals surface area contributed by atoms with Gasteiger partial charge in [-0.15, -0.1) is 0 Å². The van der Waals surface area contributed by atoms with Gasteiger partial charge in [-0.25, -0.2) is 12.8 Å². The minimum atomic E-state index is -3.83. The van der Waals surface area contributed by atoms with Gasteiger partial charge in [0.25, 0.3) is 15.9 Å². The van der Waals surface area contributed by atoms with Crippen LogP contribution in [0, 0.1) is 19.7 Å². The van der Waals surface area contributed by atoms with Crippen molar-refractivity contribution in [3.8, 4) is 5.75 Å². The summed E-state index contributed by atoms with van der Waals surface area (Å²) in [5.74, 6) is -0.425. The lowest BCUT2D eigenvalue weighted by molar-refractivity contribution is -0.118. The Bertz CT molecular complexity index is 1140. The summed E-state index contributed by atoms with van der Waals surface area (Å²) in [6.45, 7) is 3.67. The molecule has 1 amide bonds. The molecule has 0 saturated carbocycles. The average molecular weight is 428 g/mol. The van der Waals surface area contributed by atoms with E-state index in [0.29, 0.717) is 5.75 Å². The Morgan fingerprint density at radius 3 is 2.30 bits per heavy atom. The van der Waals surface area contributed by atoms with Crippen LogP contribution < -0.4 is 14.8 Å². The minimum Gasteiger partial charge on any atom is -0.484 e. The molecule has 0 radical (unpaired) electrons. The molecule has 6 nitrogen and oxygen atoms in total. The van der Waals surface area contributed by atoms with Crippen LogP contribution >= 0.6 is 0 Å². The third-order valence-corrected chi connectivity index (χ3v) is 5.88. The van der Waals surface area contributed by atoms with Gasteiger partial charge in [0.2, 0.25) is 0 Å². The van der Waals surface area contributed by atoms with Crippen LogP contribution in [-0.2, 0) is 14.8 Å². The van der Waals surface area contributed by atoms with Crippen LogP contribution in [0.3, 0.4) is 0 Å². The second kappa shape index (κ2) is 8.96.